The number of ketones is 1. The number of morpholine rings is 1. The largest absolute Gasteiger partial charge is 0.444 e. The van der Waals surface area contributed by atoms with Crippen LogP contribution in [0.5, 0.6) is 0 Å². The minimum Gasteiger partial charge on any atom is -0.444 e. The molecule has 1 unspecified atom stereocenters. The van der Waals surface area contributed by atoms with Crippen LogP contribution in [-0.4, -0.2) is 58.0 Å². The number of Topliss-reactive ketones (excluding diaryl/α,β-unsaturated/α-hetero) is 1. The molecule has 7 nitrogen and oxygen atoms in total. The smallest absolute Gasteiger partial charge is 0.411 e. The van der Waals surface area contributed by atoms with Crippen molar-refractivity contribution in [2.75, 3.05) is 19.8 Å². The van der Waals surface area contributed by atoms with Crippen LogP contribution in [0.3, 0.4) is 0 Å². The molecule has 0 aromatic carbocycles. The number of aryl methyl sites for hydroxylation is 1. The van der Waals surface area contributed by atoms with Gasteiger partial charge in [-0.05, 0) is 26.8 Å². The summed E-state index contributed by atoms with van der Waals surface area (Å²) in [5, 5.41) is 3.98. The molecule has 2 heterocycles. The second-order valence-electron chi connectivity index (χ2n) is 5.97. The third-order valence-electron chi connectivity index (χ3n) is 3.13. The maximum atomic E-state index is 12.6. The fourth-order valence-corrected chi connectivity index (χ4v) is 2.15. The van der Waals surface area contributed by atoms with Gasteiger partial charge >= 0.3 is 6.09 Å². The van der Waals surface area contributed by atoms with E-state index in [-0.39, 0.29) is 12.4 Å². The Hall–Kier alpha value is -1.89. The Labute approximate surface area is 123 Å². The second kappa shape index (κ2) is 5.85. The van der Waals surface area contributed by atoms with Crippen molar-refractivity contribution in [3.8, 4) is 0 Å². The Morgan fingerprint density at radius 2 is 2.14 bits per heavy atom. The predicted molar refractivity (Wildman–Crippen MR) is 75.1 cm³/mol. The van der Waals surface area contributed by atoms with Crippen LogP contribution in [0.15, 0.2) is 12.3 Å². The van der Waals surface area contributed by atoms with E-state index < -0.39 is 17.7 Å². The normalized spacial score (nSPS) is 19.4. The Bertz CT molecular complexity index is 533. The topological polar surface area (TPSA) is 73.7 Å². The SMILES string of the molecule is Cn1nccc1C(=O)C1COCCN1C(=O)OC(C)(C)C. The first-order valence-electron chi connectivity index (χ1n) is 6.89. The molecule has 116 valence electrons. The van der Waals surface area contributed by atoms with E-state index in [0.29, 0.717) is 18.8 Å². The van der Waals surface area contributed by atoms with Crippen LogP contribution in [0.25, 0.3) is 0 Å². The van der Waals surface area contributed by atoms with Gasteiger partial charge in [0, 0.05) is 19.8 Å². The number of carbonyl (C=O) groups is 2. The summed E-state index contributed by atoms with van der Waals surface area (Å²) < 4.78 is 12.2. The molecule has 0 N–H and O–H groups in total. The number of ether oxygens (including phenoxy) is 2. The maximum absolute atomic E-state index is 12.6. The van der Waals surface area contributed by atoms with Crippen molar-refractivity contribution in [1.82, 2.24) is 14.7 Å². The van der Waals surface area contributed by atoms with Gasteiger partial charge in [-0.1, -0.05) is 0 Å². The van der Waals surface area contributed by atoms with Crippen molar-refractivity contribution < 1.29 is 19.1 Å². The average Bonchev–Trinajstić information content (AvgIpc) is 2.82. The summed E-state index contributed by atoms with van der Waals surface area (Å²) in [4.78, 5) is 26.3. The highest BCUT2D eigenvalue weighted by Gasteiger charge is 2.36. The highest BCUT2D eigenvalue weighted by Crippen LogP contribution is 2.17. The fourth-order valence-electron chi connectivity index (χ4n) is 2.15. The number of rotatable bonds is 2. The predicted octanol–water partition coefficient (Wildman–Crippen LogP) is 1.24. The van der Waals surface area contributed by atoms with E-state index in [9.17, 15) is 9.59 Å². The van der Waals surface area contributed by atoms with Crippen LogP contribution in [-0.2, 0) is 16.5 Å². The first-order valence-corrected chi connectivity index (χ1v) is 6.89. The molecular weight excluding hydrogens is 274 g/mol. The number of aromatic nitrogens is 2. The van der Waals surface area contributed by atoms with E-state index in [0.717, 1.165) is 0 Å². The van der Waals surface area contributed by atoms with Crippen molar-refractivity contribution in [2.45, 2.75) is 32.4 Å². The molecule has 1 aliphatic heterocycles. The minimum absolute atomic E-state index is 0.170. The lowest BCUT2D eigenvalue weighted by atomic mass is 10.1. The maximum Gasteiger partial charge on any atom is 0.411 e. The quantitative estimate of drug-likeness (QED) is 0.767. The van der Waals surface area contributed by atoms with Gasteiger partial charge in [-0.3, -0.25) is 14.4 Å². The summed E-state index contributed by atoms with van der Waals surface area (Å²) in [7, 11) is 1.69. The van der Waals surface area contributed by atoms with Crippen LogP contribution in [0, 0.1) is 0 Å². The number of hydrogen-bond donors (Lipinski definition) is 0. The second-order valence-corrected chi connectivity index (χ2v) is 5.97. The minimum atomic E-state index is -0.677. The lowest BCUT2D eigenvalue weighted by Gasteiger charge is -2.35. The molecule has 0 saturated carbocycles. The number of amides is 1. The lowest BCUT2D eigenvalue weighted by Crippen LogP contribution is -2.54. The molecule has 1 amide bonds. The summed E-state index contributed by atoms with van der Waals surface area (Å²) in [6.07, 6.45) is 1.06. The molecule has 1 aromatic heterocycles. The standard InChI is InChI=1S/C14H21N3O4/c1-14(2,3)21-13(19)17-7-8-20-9-11(17)12(18)10-5-6-15-16(10)4/h5-6,11H,7-9H2,1-4H3. The molecule has 0 radical (unpaired) electrons. The summed E-state index contributed by atoms with van der Waals surface area (Å²) in [5.41, 5.74) is -0.158. The van der Waals surface area contributed by atoms with Crippen molar-refractivity contribution in [3.63, 3.8) is 0 Å². The van der Waals surface area contributed by atoms with E-state index in [4.69, 9.17) is 9.47 Å². The fraction of sp³-hybridized carbons (Fsp3) is 0.643. The summed E-state index contributed by atoms with van der Waals surface area (Å²) >= 11 is 0. The van der Waals surface area contributed by atoms with Crippen LogP contribution in [0.4, 0.5) is 4.79 Å². The average molecular weight is 295 g/mol. The zero-order valence-electron chi connectivity index (χ0n) is 12.8. The van der Waals surface area contributed by atoms with Crippen molar-refractivity contribution in [3.05, 3.63) is 18.0 Å². The molecule has 0 aliphatic carbocycles. The molecule has 1 atom stereocenters. The van der Waals surface area contributed by atoms with E-state index in [1.807, 2.05) is 0 Å². The molecule has 21 heavy (non-hydrogen) atoms. The van der Waals surface area contributed by atoms with Crippen LogP contribution in [0.2, 0.25) is 0 Å². The van der Waals surface area contributed by atoms with Crippen molar-refractivity contribution >= 4 is 11.9 Å². The van der Waals surface area contributed by atoms with Gasteiger partial charge in [-0.25, -0.2) is 4.79 Å². The van der Waals surface area contributed by atoms with Crippen LogP contribution < -0.4 is 0 Å². The van der Waals surface area contributed by atoms with Gasteiger partial charge in [0.05, 0.1) is 13.2 Å². The van der Waals surface area contributed by atoms with Gasteiger partial charge in [0.2, 0.25) is 5.78 Å². The highest BCUT2D eigenvalue weighted by atomic mass is 16.6. The van der Waals surface area contributed by atoms with Gasteiger partial charge in [0.1, 0.15) is 17.3 Å². The Morgan fingerprint density at radius 3 is 2.71 bits per heavy atom. The monoisotopic (exact) mass is 295 g/mol. The van der Waals surface area contributed by atoms with E-state index in [1.54, 1.807) is 40.1 Å². The molecule has 1 saturated heterocycles. The molecule has 1 aromatic rings. The first-order chi connectivity index (χ1) is 9.79. The van der Waals surface area contributed by atoms with Crippen LogP contribution >= 0.6 is 0 Å². The first kappa shape index (κ1) is 15.5. The van der Waals surface area contributed by atoms with Gasteiger partial charge in [-0.15, -0.1) is 0 Å². The van der Waals surface area contributed by atoms with Crippen molar-refractivity contribution in [1.29, 1.82) is 0 Å². The van der Waals surface area contributed by atoms with Crippen LogP contribution in [0.1, 0.15) is 31.3 Å². The van der Waals surface area contributed by atoms with E-state index in [1.165, 1.54) is 9.58 Å². The number of hydrogen-bond acceptors (Lipinski definition) is 5. The zero-order valence-corrected chi connectivity index (χ0v) is 12.8. The Balaban J connectivity index is 2.18. The summed E-state index contributed by atoms with van der Waals surface area (Å²) in [6.45, 7) is 6.29. The van der Waals surface area contributed by atoms with Crippen molar-refractivity contribution in [2.24, 2.45) is 7.05 Å². The Kier molecular flexibility index (Phi) is 4.32. The molecule has 0 spiro atoms. The molecular formula is C14H21N3O4. The van der Waals surface area contributed by atoms with Gasteiger partial charge in [-0.2, -0.15) is 5.10 Å². The molecule has 7 heteroatoms. The molecule has 0 bridgehead atoms. The van der Waals surface area contributed by atoms with Gasteiger partial charge < -0.3 is 9.47 Å². The van der Waals surface area contributed by atoms with E-state index >= 15 is 0 Å². The molecule has 1 fully saturated rings. The van der Waals surface area contributed by atoms with E-state index in [2.05, 4.69) is 5.10 Å². The number of carbonyl (C=O) groups excluding carboxylic acids is 2. The van der Waals surface area contributed by atoms with Gasteiger partial charge in [0.15, 0.2) is 0 Å². The third kappa shape index (κ3) is 3.60. The van der Waals surface area contributed by atoms with Gasteiger partial charge in [0.25, 0.3) is 0 Å². The third-order valence-corrected chi connectivity index (χ3v) is 3.13. The molecule has 2 rings (SSSR count). The zero-order chi connectivity index (χ0) is 15.6. The lowest BCUT2D eigenvalue weighted by molar-refractivity contribution is -0.0267. The number of nitrogens with zero attached hydrogens (tertiary/aromatic N) is 3. The summed E-state index contributed by atoms with van der Waals surface area (Å²) in [5.74, 6) is -0.194. The molecule has 1 aliphatic rings. The Morgan fingerprint density at radius 1 is 1.43 bits per heavy atom. The summed E-state index contributed by atoms with van der Waals surface area (Å²) in [6, 6.07) is 0.952. The highest BCUT2D eigenvalue weighted by molar-refractivity contribution is 6.00.